The molecule has 0 spiro atoms. The van der Waals surface area contributed by atoms with E-state index >= 15 is 0 Å². The summed E-state index contributed by atoms with van der Waals surface area (Å²) in [6, 6.07) is 17.8. The zero-order chi connectivity index (χ0) is 20.6. The van der Waals surface area contributed by atoms with Crippen LogP contribution in [0.25, 0.3) is 0 Å². The summed E-state index contributed by atoms with van der Waals surface area (Å²) < 4.78 is 5.48. The number of likely N-dealkylation sites (N-methyl/N-ethyl adjacent to an activating group) is 1. The minimum Gasteiger partial charge on any atom is -0.484 e. The Hall–Kier alpha value is -2.86. The predicted molar refractivity (Wildman–Crippen MR) is 112 cm³/mol. The average Bonchev–Trinajstić information content (AvgIpc) is 2.73. The molecule has 1 saturated heterocycles. The largest absolute Gasteiger partial charge is 0.484 e. The van der Waals surface area contributed by atoms with E-state index < -0.39 is 0 Å². The first-order valence-corrected chi connectivity index (χ1v) is 10.1. The van der Waals surface area contributed by atoms with Crippen molar-refractivity contribution in [1.82, 2.24) is 9.80 Å². The Labute approximate surface area is 172 Å². The van der Waals surface area contributed by atoms with Gasteiger partial charge in [-0.25, -0.2) is 0 Å². The van der Waals surface area contributed by atoms with E-state index in [1.54, 1.807) is 19.2 Å². The van der Waals surface area contributed by atoms with E-state index in [0.717, 1.165) is 32.7 Å². The van der Waals surface area contributed by atoms with Gasteiger partial charge >= 0.3 is 0 Å². The molecule has 29 heavy (non-hydrogen) atoms. The molecule has 0 radical (unpaired) electrons. The van der Waals surface area contributed by atoms with E-state index in [1.807, 2.05) is 23.1 Å². The van der Waals surface area contributed by atoms with Crippen LogP contribution in [0.4, 0.5) is 0 Å². The maximum Gasteiger partial charge on any atom is 0.260 e. The van der Waals surface area contributed by atoms with Crippen LogP contribution in [-0.2, 0) is 16.1 Å². The molecule has 3 rings (SSSR count). The summed E-state index contributed by atoms with van der Waals surface area (Å²) in [6.07, 6.45) is 0. The summed E-state index contributed by atoms with van der Waals surface area (Å²) in [5.74, 6) is 0.439. The first-order valence-electron chi connectivity index (χ1n) is 10.1. The Kier molecular flexibility index (Phi) is 7.25. The molecule has 6 nitrogen and oxygen atoms in total. The smallest absolute Gasteiger partial charge is 0.260 e. The molecule has 1 aliphatic heterocycles. The summed E-state index contributed by atoms with van der Waals surface area (Å²) in [5.41, 5.74) is 2.61. The van der Waals surface area contributed by atoms with Crippen molar-refractivity contribution in [1.29, 1.82) is 0 Å². The second-order valence-corrected chi connectivity index (χ2v) is 7.65. The van der Waals surface area contributed by atoms with Crippen LogP contribution in [0.3, 0.4) is 0 Å². The number of nitrogens with one attached hydrogen (secondary N) is 1. The molecule has 0 aromatic heterocycles. The molecule has 2 aromatic carbocycles. The third kappa shape index (κ3) is 6.32. The molecule has 0 aliphatic carbocycles. The Balaban J connectivity index is 1.40. The fourth-order valence-corrected chi connectivity index (χ4v) is 3.52. The van der Waals surface area contributed by atoms with Crippen LogP contribution in [0.2, 0.25) is 0 Å². The summed E-state index contributed by atoms with van der Waals surface area (Å²) in [4.78, 5) is 29.6. The van der Waals surface area contributed by atoms with E-state index in [0.29, 0.717) is 5.75 Å². The van der Waals surface area contributed by atoms with Gasteiger partial charge in [0.05, 0.1) is 32.7 Å². The molecule has 0 saturated carbocycles. The number of hydrogen-bond acceptors (Lipinski definition) is 3. The van der Waals surface area contributed by atoms with Crippen molar-refractivity contribution >= 4 is 11.8 Å². The molecule has 1 heterocycles. The number of piperazine rings is 1. The van der Waals surface area contributed by atoms with Gasteiger partial charge in [0.25, 0.3) is 5.91 Å². The topological polar surface area (TPSA) is 54.3 Å². The monoisotopic (exact) mass is 396 g/mol. The summed E-state index contributed by atoms with van der Waals surface area (Å²) in [7, 11) is 1.65. The number of ether oxygens (including phenoxy) is 1. The standard InChI is InChI=1S/C23H29N3O3/c1-19-7-6-8-20(15-19)16-25-11-13-26(14-12-25)22(27)17-24(2)23(28)18-29-21-9-4-3-5-10-21/h3-10,15H,11-14,16-18H2,1-2H3/p+1. The third-order valence-corrected chi connectivity index (χ3v) is 5.26. The first kappa shape index (κ1) is 20.9. The highest BCUT2D eigenvalue weighted by Gasteiger charge is 2.25. The van der Waals surface area contributed by atoms with Crippen molar-refractivity contribution in [2.75, 3.05) is 46.4 Å². The lowest BCUT2D eigenvalue weighted by Gasteiger charge is -2.33. The van der Waals surface area contributed by atoms with E-state index in [4.69, 9.17) is 4.74 Å². The van der Waals surface area contributed by atoms with Crippen LogP contribution in [0.1, 0.15) is 11.1 Å². The normalized spacial score (nSPS) is 14.5. The summed E-state index contributed by atoms with van der Waals surface area (Å²) >= 11 is 0. The molecule has 6 heteroatoms. The maximum atomic E-state index is 12.6. The predicted octanol–water partition coefficient (Wildman–Crippen LogP) is 0.760. The van der Waals surface area contributed by atoms with Crippen molar-refractivity contribution in [3.63, 3.8) is 0 Å². The summed E-state index contributed by atoms with van der Waals surface area (Å²) in [6.45, 7) is 6.41. The number of para-hydroxylation sites is 1. The van der Waals surface area contributed by atoms with Gasteiger partial charge < -0.3 is 19.4 Å². The minimum absolute atomic E-state index is 0.00448. The van der Waals surface area contributed by atoms with Gasteiger partial charge in [0, 0.05) is 12.6 Å². The lowest BCUT2D eigenvalue weighted by molar-refractivity contribution is -0.917. The second-order valence-electron chi connectivity index (χ2n) is 7.65. The van der Waals surface area contributed by atoms with E-state index in [1.165, 1.54) is 20.9 Å². The SMILES string of the molecule is Cc1cccc(C[NH+]2CCN(C(=O)CN(C)C(=O)COc3ccccc3)CC2)c1. The second kappa shape index (κ2) is 10.1. The summed E-state index contributed by atoms with van der Waals surface area (Å²) in [5, 5.41) is 0. The van der Waals surface area contributed by atoms with Crippen molar-refractivity contribution in [2.45, 2.75) is 13.5 Å². The quantitative estimate of drug-likeness (QED) is 0.752. The van der Waals surface area contributed by atoms with Gasteiger partial charge in [0.1, 0.15) is 12.3 Å². The molecule has 1 N–H and O–H groups in total. The molecule has 0 bridgehead atoms. The highest BCUT2D eigenvalue weighted by atomic mass is 16.5. The van der Waals surface area contributed by atoms with Gasteiger partial charge in [-0.15, -0.1) is 0 Å². The number of benzene rings is 2. The fourth-order valence-electron chi connectivity index (χ4n) is 3.52. The lowest BCUT2D eigenvalue weighted by atomic mass is 10.1. The van der Waals surface area contributed by atoms with Crippen LogP contribution in [0, 0.1) is 6.92 Å². The average molecular weight is 397 g/mol. The number of rotatable bonds is 7. The Morgan fingerprint density at radius 2 is 1.79 bits per heavy atom. The third-order valence-electron chi connectivity index (χ3n) is 5.26. The van der Waals surface area contributed by atoms with Crippen LogP contribution < -0.4 is 9.64 Å². The molecule has 1 aliphatic rings. The van der Waals surface area contributed by atoms with Crippen LogP contribution in [-0.4, -0.2) is 68.0 Å². The van der Waals surface area contributed by atoms with Gasteiger partial charge in [0.15, 0.2) is 6.61 Å². The van der Waals surface area contributed by atoms with Crippen molar-refractivity contribution < 1.29 is 19.2 Å². The van der Waals surface area contributed by atoms with E-state index in [2.05, 4.69) is 31.2 Å². The maximum absolute atomic E-state index is 12.6. The lowest BCUT2D eigenvalue weighted by Crippen LogP contribution is -3.13. The number of carbonyl (C=O) groups excluding carboxylic acids is 2. The van der Waals surface area contributed by atoms with Crippen LogP contribution >= 0.6 is 0 Å². The van der Waals surface area contributed by atoms with Crippen LogP contribution in [0.5, 0.6) is 5.75 Å². The minimum atomic E-state index is -0.203. The highest BCUT2D eigenvalue weighted by Crippen LogP contribution is 2.08. The van der Waals surface area contributed by atoms with Gasteiger partial charge in [-0.3, -0.25) is 9.59 Å². The van der Waals surface area contributed by atoms with Gasteiger partial charge in [0.2, 0.25) is 5.91 Å². The van der Waals surface area contributed by atoms with Gasteiger partial charge in [-0.1, -0.05) is 48.0 Å². The molecule has 2 aromatic rings. The Morgan fingerprint density at radius 1 is 1.07 bits per heavy atom. The molecule has 154 valence electrons. The number of quaternary nitrogens is 1. The van der Waals surface area contributed by atoms with Gasteiger partial charge in [-0.05, 0) is 19.1 Å². The molecular formula is C23H30N3O3+. The molecule has 0 atom stereocenters. The number of amides is 2. The van der Waals surface area contributed by atoms with Crippen LogP contribution in [0.15, 0.2) is 54.6 Å². The fraction of sp³-hybridized carbons (Fsp3) is 0.391. The number of hydrogen-bond donors (Lipinski definition) is 1. The number of carbonyl (C=O) groups is 2. The first-order chi connectivity index (χ1) is 14.0. The molecule has 0 unspecified atom stereocenters. The zero-order valence-electron chi connectivity index (χ0n) is 17.3. The van der Waals surface area contributed by atoms with Crippen molar-refractivity contribution in [3.8, 4) is 5.75 Å². The zero-order valence-corrected chi connectivity index (χ0v) is 17.3. The number of nitrogens with zero attached hydrogens (tertiary/aromatic N) is 2. The highest BCUT2D eigenvalue weighted by molar-refractivity contribution is 5.85. The van der Waals surface area contributed by atoms with Crippen molar-refractivity contribution in [2.24, 2.45) is 0 Å². The molecular weight excluding hydrogens is 366 g/mol. The Bertz CT molecular complexity index is 817. The van der Waals surface area contributed by atoms with E-state index in [-0.39, 0.29) is 25.0 Å². The van der Waals surface area contributed by atoms with E-state index in [9.17, 15) is 9.59 Å². The Morgan fingerprint density at radius 3 is 2.48 bits per heavy atom. The van der Waals surface area contributed by atoms with Gasteiger partial charge in [-0.2, -0.15) is 0 Å². The number of aryl methyl sites for hydroxylation is 1. The molecule has 2 amide bonds. The molecule has 1 fully saturated rings. The van der Waals surface area contributed by atoms with Crippen molar-refractivity contribution in [3.05, 3.63) is 65.7 Å².